The van der Waals surface area contributed by atoms with E-state index in [1.54, 1.807) is 6.20 Å². The Labute approximate surface area is 156 Å². The van der Waals surface area contributed by atoms with Crippen molar-refractivity contribution in [3.05, 3.63) is 65.1 Å². The molecular formula is C23H26N2O-2. The number of rotatable bonds is 2. The second-order valence-electron chi connectivity index (χ2n) is 8.84. The van der Waals surface area contributed by atoms with E-state index in [1.807, 2.05) is 42.5 Å². The third kappa shape index (κ3) is 3.52. The lowest BCUT2D eigenvalue weighted by atomic mass is 9.79. The zero-order valence-electron chi connectivity index (χ0n) is 16.4. The average molecular weight is 346 g/mol. The first kappa shape index (κ1) is 18.2. The number of nitrogens with zero attached hydrogens (tertiary/aromatic N) is 2. The van der Waals surface area contributed by atoms with Crippen LogP contribution < -0.4 is 5.11 Å². The van der Waals surface area contributed by atoms with E-state index in [1.165, 1.54) is 0 Å². The highest BCUT2D eigenvalue weighted by molar-refractivity contribution is 5.94. The van der Waals surface area contributed by atoms with E-state index in [9.17, 15) is 5.11 Å². The van der Waals surface area contributed by atoms with Crippen LogP contribution in [0.1, 0.15) is 52.7 Å². The molecule has 136 valence electrons. The van der Waals surface area contributed by atoms with Crippen molar-refractivity contribution in [2.45, 2.75) is 52.4 Å². The number of fused-ring (bicyclic) bond motifs is 1. The Morgan fingerprint density at radius 1 is 0.846 bits per heavy atom. The van der Waals surface area contributed by atoms with Crippen molar-refractivity contribution >= 4 is 22.3 Å². The third-order valence-electron chi connectivity index (χ3n) is 4.60. The highest BCUT2D eigenvalue weighted by atomic mass is 16.3. The molecule has 1 aromatic heterocycles. The molecule has 0 N–H and O–H groups in total. The largest absolute Gasteiger partial charge is 0.873 e. The fraction of sp³-hybridized carbons (Fsp3) is 0.348. The van der Waals surface area contributed by atoms with Gasteiger partial charge >= 0.3 is 0 Å². The average Bonchev–Trinajstić information content (AvgIpc) is 2.55. The van der Waals surface area contributed by atoms with E-state index >= 15 is 0 Å². The van der Waals surface area contributed by atoms with Crippen LogP contribution in [0.5, 0.6) is 5.75 Å². The van der Waals surface area contributed by atoms with Gasteiger partial charge in [0.2, 0.25) is 0 Å². The Hall–Kier alpha value is -2.55. The Kier molecular flexibility index (Phi) is 4.43. The van der Waals surface area contributed by atoms with Crippen LogP contribution in [0.2, 0.25) is 0 Å². The van der Waals surface area contributed by atoms with Crippen molar-refractivity contribution in [3.8, 4) is 5.75 Å². The van der Waals surface area contributed by atoms with Crippen LogP contribution in [0.4, 0.5) is 11.4 Å². The topological polar surface area (TPSA) is 50.0 Å². The molecule has 0 fully saturated rings. The lowest BCUT2D eigenvalue weighted by molar-refractivity contribution is -0.268. The van der Waals surface area contributed by atoms with E-state index < -0.39 is 0 Å². The van der Waals surface area contributed by atoms with E-state index in [2.05, 4.69) is 46.5 Å². The molecule has 0 saturated carbocycles. The number of hydrogen-bond acceptors (Lipinski definition) is 2. The smallest absolute Gasteiger partial charge is 0.0555 e. The first-order chi connectivity index (χ1) is 12.1. The number of benzene rings is 2. The monoisotopic (exact) mass is 346 g/mol. The Bertz CT molecular complexity index is 941. The van der Waals surface area contributed by atoms with Gasteiger partial charge in [-0.1, -0.05) is 83.5 Å². The van der Waals surface area contributed by atoms with Crippen molar-refractivity contribution in [2.75, 3.05) is 0 Å². The standard InChI is InChI=1S/C23H27N2O/c1-22(2,3)16-13-17(23(4,5)6)21(26)19(14-16)25-18-11-7-9-15-10-8-12-24-20(15)18/h7-14,26H,1-6H3/q-1/p-1. The molecule has 2 aromatic carbocycles. The summed E-state index contributed by atoms with van der Waals surface area (Å²) in [6, 6.07) is 13.8. The maximum atomic E-state index is 13.1. The fourth-order valence-corrected chi connectivity index (χ4v) is 2.99. The van der Waals surface area contributed by atoms with Crippen LogP contribution in [0.25, 0.3) is 16.2 Å². The molecule has 0 saturated heterocycles. The maximum Gasteiger partial charge on any atom is 0.0555 e. The molecule has 0 aliphatic rings. The molecule has 3 aromatic rings. The molecule has 3 heteroatoms. The van der Waals surface area contributed by atoms with E-state index in [-0.39, 0.29) is 16.6 Å². The van der Waals surface area contributed by atoms with Crippen LogP contribution in [-0.2, 0) is 10.8 Å². The minimum Gasteiger partial charge on any atom is -0.873 e. The second-order valence-corrected chi connectivity index (χ2v) is 8.84. The first-order valence-electron chi connectivity index (χ1n) is 8.99. The Morgan fingerprint density at radius 3 is 2.19 bits per heavy atom. The number of pyridine rings is 1. The SMILES string of the molecule is CC(C)(C)c1cc([N-]c2cccc3cccnc23)c([O-])c(C(C)(C)C)c1. The van der Waals surface area contributed by atoms with Gasteiger partial charge in [-0.2, -0.15) is 0 Å². The van der Waals surface area contributed by atoms with E-state index in [0.29, 0.717) is 5.69 Å². The molecule has 0 atom stereocenters. The molecule has 0 spiro atoms. The summed E-state index contributed by atoms with van der Waals surface area (Å²) in [5.74, 6) is -0.00145. The summed E-state index contributed by atoms with van der Waals surface area (Å²) in [6.45, 7) is 12.7. The van der Waals surface area contributed by atoms with Crippen molar-refractivity contribution < 1.29 is 5.11 Å². The van der Waals surface area contributed by atoms with Crippen LogP contribution >= 0.6 is 0 Å². The number of para-hydroxylation sites is 1. The predicted molar refractivity (Wildman–Crippen MR) is 108 cm³/mol. The Balaban J connectivity index is 2.18. The van der Waals surface area contributed by atoms with Crippen molar-refractivity contribution in [3.63, 3.8) is 0 Å². The van der Waals surface area contributed by atoms with Gasteiger partial charge in [0.1, 0.15) is 0 Å². The maximum absolute atomic E-state index is 13.1. The van der Waals surface area contributed by atoms with Crippen LogP contribution in [0, 0.1) is 0 Å². The summed E-state index contributed by atoms with van der Waals surface area (Å²) >= 11 is 0. The molecule has 26 heavy (non-hydrogen) atoms. The third-order valence-corrected chi connectivity index (χ3v) is 4.60. The molecular weight excluding hydrogens is 320 g/mol. The summed E-state index contributed by atoms with van der Waals surface area (Å²) < 4.78 is 0. The Morgan fingerprint density at radius 2 is 1.54 bits per heavy atom. The molecule has 3 rings (SSSR count). The van der Waals surface area contributed by atoms with Gasteiger partial charge in [-0.3, -0.25) is 4.98 Å². The van der Waals surface area contributed by atoms with Crippen molar-refractivity contribution in [1.82, 2.24) is 4.98 Å². The lowest BCUT2D eigenvalue weighted by Crippen LogP contribution is -2.18. The quantitative estimate of drug-likeness (QED) is 0.551. The normalized spacial score (nSPS) is 12.4. The molecule has 0 aliphatic carbocycles. The predicted octanol–water partition coefficient (Wildman–Crippen LogP) is 6.24. The summed E-state index contributed by atoms with van der Waals surface area (Å²) in [4.78, 5) is 4.45. The minimum atomic E-state index is -0.236. The molecule has 0 amide bonds. The molecule has 3 nitrogen and oxygen atoms in total. The van der Waals surface area contributed by atoms with Crippen LogP contribution in [0.15, 0.2) is 48.7 Å². The summed E-state index contributed by atoms with van der Waals surface area (Å²) in [7, 11) is 0. The van der Waals surface area contributed by atoms with Crippen LogP contribution in [-0.4, -0.2) is 4.98 Å². The van der Waals surface area contributed by atoms with Gasteiger partial charge in [-0.05, 0) is 27.8 Å². The molecule has 0 aliphatic heterocycles. The van der Waals surface area contributed by atoms with Gasteiger partial charge in [-0.25, -0.2) is 0 Å². The zero-order chi connectivity index (χ0) is 19.1. The summed E-state index contributed by atoms with van der Waals surface area (Å²) in [6.07, 6.45) is 1.76. The first-order valence-corrected chi connectivity index (χ1v) is 8.99. The van der Waals surface area contributed by atoms with E-state index in [4.69, 9.17) is 5.32 Å². The highest BCUT2D eigenvalue weighted by Crippen LogP contribution is 2.45. The van der Waals surface area contributed by atoms with E-state index in [0.717, 1.165) is 27.7 Å². The zero-order valence-corrected chi connectivity index (χ0v) is 16.4. The lowest BCUT2D eigenvalue weighted by Gasteiger charge is -2.37. The van der Waals surface area contributed by atoms with Gasteiger partial charge in [0.15, 0.2) is 0 Å². The van der Waals surface area contributed by atoms with Crippen molar-refractivity contribution in [2.24, 2.45) is 0 Å². The van der Waals surface area contributed by atoms with Gasteiger partial charge < -0.3 is 10.4 Å². The van der Waals surface area contributed by atoms with Crippen molar-refractivity contribution in [1.29, 1.82) is 0 Å². The molecule has 0 unspecified atom stereocenters. The second kappa shape index (κ2) is 6.31. The molecule has 1 heterocycles. The van der Waals surface area contributed by atoms with Gasteiger partial charge in [0, 0.05) is 6.20 Å². The fourth-order valence-electron chi connectivity index (χ4n) is 2.99. The highest BCUT2D eigenvalue weighted by Gasteiger charge is 2.20. The summed E-state index contributed by atoms with van der Waals surface area (Å²) in [5.41, 5.74) is 3.65. The molecule has 0 radical (unpaired) electrons. The summed E-state index contributed by atoms with van der Waals surface area (Å²) in [5, 5.41) is 18.9. The molecule has 0 bridgehead atoms. The van der Waals surface area contributed by atoms with Gasteiger partial charge in [-0.15, -0.1) is 17.1 Å². The van der Waals surface area contributed by atoms with Crippen LogP contribution in [0.3, 0.4) is 0 Å². The number of hydrogen-bond donors (Lipinski definition) is 0. The van der Waals surface area contributed by atoms with Gasteiger partial charge in [0.25, 0.3) is 0 Å². The minimum absolute atomic E-state index is 0.00145. The van der Waals surface area contributed by atoms with Gasteiger partial charge in [0.05, 0.1) is 5.52 Å². The number of aromatic nitrogens is 1.